The number of fused-ring (bicyclic) bond motifs is 2. The molecule has 2 aromatic heterocycles. The zero-order valence-electron chi connectivity index (χ0n) is 14.7. The van der Waals surface area contributed by atoms with E-state index in [0.717, 1.165) is 45.6 Å². The van der Waals surface area contributed by atoms with Crippen LogP contribution in [0.25, 0.3) is 10.9 Å². The van der Waals surface area contributed by atoms with Gasteiger partial charge in [-0.1, -0.05) is 30.0 Å². The number of hydrogen-bond donors (Lipinski definition) is 2. The predicted octanol–water partition coefficient (Wildman–Crippen LogP) is 3.40. The van der Waals surface area contributed by atoms with Crippen LogP contribution in [0.15, 0.2) is 35.6 Å². The minimum atomic E-state index is -0.480. The summed E-state index contributed by atoms with van der Waals surface area (Å²) in [4.78, 5) is 34.3. The van der Waals surface area contributed by atoms with E-state index in [1.54, 1.807) is 0 Å². The van der Waals surface area contributed by atoms with E-state index in [1.165, 1.54) is 29.4 Å². The molecule has 2 amide bonds. The number of anilines is 1. The van der Waals surface area contributed by atoms with Crippen LogP contribution in [-0.2, 0) is 17.6 Å². The second-order valence-corrected chi connectivity index (χ2v) is 8.81. The van der Waals surface area contributed by atoms with E-state index >= 15 is 0 Å². The Morgan fingerprint density at radius 1 is 1.26 bits per heavy atom. The normalized spacial score (nSPS) is 14.1. The molecule has 1 atom stereocenters. The molecule has 6 nitrogen and oxygen atoms in total. The molecule has 0 spiro atoms. The summed E-state index contributed by atoms with van der Waals surface area (Å²) in [6.45, 7) is 1.82. The van der Waals surface area contributed by atoms with Crippen molar-refractivity contribution in [1.82, 2.24) is 9.97 Å². The van der Waals surface area contributed by atoms with Crippen molar-refractivity contribution >= 4 is 50.8 Å². The summed E-state index contributed by atoms with van der Waals surface area (Å²) in [5, 5.41) is 4.75. The maximum Gasteiger partial charge on any atom is 0.251 e. The van der Waals surface area contributed by atoms with Gasteiger partial charge in [-0.3, -0.25) is 9.59 Å². The van der Waals surface area contributed by atoms with E-state index in [1.807, 2.05) is 31.2 Å². The van der Waals surface area contributed by atoms with Crippen molar-refractivity contribution in [2.75, 3.05) is 5.32 Å². The fourth-order valence-electron chi connectivity index (χ4n) is 3.26. The summed E-state index contributed by atoms with van der Waals surface area (Å²) in [5.41, 5.74) is 7.89. The highest BCUT2D eigenvalue weighted by atomic mass is 32.2. The number of carbonyl (C=O) groups is 2. The van der Waals surface area contributed by atoms with Crippen LogP contribution < -0.4 is 11.1 Å². The van der Waals surface area contributed by atoms with Gasteiger partial charge in [0.05, 0.1) is 16.3 Å². The largest absolute Gasteiger partial charge is 0.365 e. The molecule has 138 valence electrons. The van der Waals surface area contributed by atoms with Gasteiger partial charge in [-0.25, -0.2) is 9.97 Å². The molecule has 0 bridgehead atoms. The van der Waals surface area contributed by atoms with Gasteiger partial charge in [0, 0.05) is 10.3 Å². The van der Waals surface area contributed by atoms with E-state index in [-0.39, 0.29) is 11.2 Å². The average molecular weight is 399 g/mol. The van der Waals surface area contributed by atoms with Gasteiger partial charge >= 0.3 is 0 Å². The van der Waals surface area contributed by atoms with Crippen LogP contribution in [0.1, 0.15) is 34.1 Å². The van der Waals surface area contributed by atoms with E-state index in [4.69, 9.17) is 5.73 Å². The summed E-state index contributed by atoms with van der Waals surface area (Å²) >= 11 is 2.83. The van der Waals surface area contributed by atoms with E-state index in [2.05, 4.69) is 15.3 Å². The van der Waals surface area contributed by atoms with E-state index < -0.39 is 5.91 Å². The number of nitrogens with one attached hydrogen (secondary N) is 1. The maximum atomic E-state index is 12.7. The standard InChI is InChI=1S/C19H18N4O2S2/c1-10(26-18-11-5-2-3-7-13(11)21-9-22-18)17(25)23-19-15(16(20)24)12-6-4-8-14(12)27-19/h2-3,5,7,9-10H,4,6,8H2,1H3,(H2,20,24)(H,23,25)/t10-/m0/s1. The third-order valence-corrected chi connectivity index (χ3v) is 6.89. The lowest BCUT2D eigenvalue weighted by Gasteiger charge is -2.12. The number of primary amides is 1. The SMILES string of the molecule is C[C@H](Sc1ncnc2ccccc12)C(=O)Nc1sc2c(c1C(N)=O)CCC2. The molecule has 0 saturated heterocycles. The van der Waals surface area contributed by atoms with Gasteiger partial charge in [-0.15, -0.1) is 11.3 Å². The first-order valence-corrected chi connectivity index (χ1v) is 10.4. The van der Waals surface area contributed by atoms with Crippen molar-refractivity contribution in [2.24, 2.45) is 5.73 Å². The fraction of sp³-hybridized carbons (Fsp3) is 0.263. The Morgan fingerprint density at radius 3 is 2.89 bits per heavy atom. The first kappa shape index (κ1) is 17.9. The Kier molecular flexibility index (Phi) is 4.84. The molecule has 3 N–H and O–H groups in total. The summed E-state index contributed by atoms with van der Waals surface area (Å²) in [6, 6.07) is 7.70. The van der Waals surface area contributed by atoms with E-state index in [9.17, 15) is 9.59 Å². The molecule has 27 heavy (non-hydrogen) atoms. The van der Waals surface area contributed by atoms with Gasteiger partial charge < -0.3 is 11.1 Å². The Balaban J connectivity index is 1.54. The van der Waals surface area contributed by atoms with Gasteiger partial charge in [0.15, 0.2) is 0 Å². The van der Waals surface area contributed by atoms with E-state index in [0.29, 0.717) is 10.6 Å². The molecular weight excluding hydrogens is 380 g/mol. The van der Waals surface area contributed by atoms with Crippen LogP contribution in [0.5, 0.6) is 0 Å². The Labute approximate surface area is 164 Å². The maximum absolute atomic E-state index is 12.7. The highest BCUT2D eigenvalue weighted by molar-refractivity contribution is 8.00. The number of para-hydroxylation sites is 1. The van der Waals surface area contributed by atoms with Gasteiger partial charge in [0.1, 0.15) is 16.4 Å². The van der Waals surface area contributed by atoms with Gasteiger partial charge in [-0.05, 0) is 37.8 Å². The number of nitrogens with zero attached hydrogens (tertiary/aromatic N) is 2. The average Bonchev–Trinajstić information content (AvgIpc) is 3.22. The number of carbonyl (C=O) groups excluding carboxylic acids is 2. The van der Waals surface area contributed by atoms with Crippen LogP contribution in [0.3, 0.4) is 0 Å². The number of thioether (sulfide) groups is 1. The van der Waals surface area contributed by atoms with Gasteiger partial charge in [-0.2, -0.15) is 0 Å². The zero-order valence-corrected chi connectivity index (χ0v) is 16.3. The molecule has 1 aliphatic rings. The summed E-state index contributed by atoms with van der Waals surface area (Å²) in [5.74, 6) is -0.656. The first-order chi connectivity index (χ1) is 13.0. The van der Waals surface area contributed by atoms with Crippen LogP contribution in [0.2, 0.25) is 0 Å². The van der Waals surface area contributed by atoms with Crippen LogP contribution in [-0.4, -0.2) is 27.0 Å². The van der Waals surface area contributed by atoms with Crippen LogP contribution in [0, 0.1) is 0 Å². The van der Waals surface area contributed by atoms with Crippen molar-refractivity contribution < 1.29 is 9.59 Å². The van der Waals surface area contributed by atoms with Gasteiger partial charge in [0.2, 0.25) is 5.91 Å². The number of thiophene rings is 1. The van der Waals surface area contributed by atoms with Crippen LogP contribution >= 0.6 is 23.1 Å². The monoisotopic (exact) mass is 398 g/mol. The van der Waals surface area contributed by atoms with Gasteiger partial charge in [0.25, 0.3) is 5.91 Å². The molecule has 0 saturated carbocycles. The third kappa shape index (κ3) is 3.42. The molecule has 0 fully saturated rings. The molecule has 3 aromatic rings. The Hall–Kier alpha value is -2.45. The van der Waals surface area contributed by atoms with Crippen LogP contribution in [0.4, 0.5) is 5.00 Å². The molecule has 0 radical (unpaired) electrons. The molecule has 4 rings (SSSR count). The molecule has 1 aromatic carbocycles. The highest BCUT2D eigenvalue weighted by Gasteiger charge is 2.27. The third-order valence-electron chi connectivity index (χ3n) is 4.57. The molecule has 0 unspecified atom stereocenters. The predicted molar refractivity (Wildman–Crippen MR) is 108 cm³/mol. The molecule has 0 aliphatic heterocycles. The topological polar surface area (TPSA) is 98.0 Å². The molecule has 8 heteroatoms. The Morgan fingerprint density at radius 2 is 2.07 bits per heavy atom. The number of benzene rings is 1. The van der Waals surface area contributed by atoms with Crippen molar-refractivity contribution in [1.29, 1.82) is 0 Å². The minimum absolute atomic E-state index is 0.176. The highest BCUT2D eigenvalue weighted by Crippen LogP contribution is 2.39. The Bertz CT molecular complexity index is 1040. The number of aryl methyl sites for hydroxylation is 1. The van der Waals surface area contributed by atoms with Crippen molar-refractivity contribution in [3.05, 3.63) is 46.6 Å². The summed E-state index contributed by atoms with van der Waals surface area (Å²) in [7, 11) is 0. The molecule has 2 heterocycles. The lowest BCUT2D eigenvalue weighted by atomic mass is 10.1. The lowest BCUT2D eigenvalue weighted by Crippen LogP contribution is -2.24. The second kappa shape index (κ2) is 7.28. The van der Waals surface area contributed by atoms with Crippen molar-refractivity contribution in [3.8, 4) is 0 Å². The lowest BCUT2D eigenvalue weighted by molar-refractivity contribution is -0.115. The minimum Gasteiger partial charge on any atom is -0.365 e. The second-order valence-electron chi connectivity index (χ2n) is 6.37. The zero-order chi connectivity index (χ0) is 19.0. The van der Waals surface area contributed by atoms with Crippen molar-refractivity contribution in [3.63, 3.8) is 0 Å². The van der Waals surface area contributed by atoms with Crippen molar-refractivity contribution in [2.45, 2.75) is 36.5 Å². The molecule has 1 aliphatic carbocycles. The number of aromatic nitrogens is 2. The number of rotatable bonds is 5. The first-order valence-electron chi connectivity index (χ1n) is 8.66. The number of hydrogen-bond acceptors (Lipinski definition) is 6. The number of amides is 2. The summed E-state index contributed by atoms with van der Waals surface area (Å²) < 4.78 is 0. The quantitative estimate of drug-likeness (QED) is 0.507. The fourth-order valence-corrected chi connectivity index (χ4v) is 5.47. The summed E-state index contributed by atoms with van der Waals surface area (Å²) in [6.07, 6.45) is 4.32. The smallest absolute Gasteiger partial charge is 0.251 e. The number of nitrogens with two attached hydrogens (primary N) is 1. The molecular formula is C19H18N4O2S2.